The second-order valence-electron chi connectivity index (χ2n) is 15.2. The van der Waals surface area contributed by atoms with Gasteiger partial charge in [0.1, 0.15) is 0 Å². The summed E-state index contributed by atoms with van der Waals surface area (Å²) in [6.45, 7) is 8.66. The number of aromatic nitrogens is 3. The molecule has 294 valence electrons. The van der Waals surface area contributed by atoms with Gasteiger partial charge in [0.25, 0.3) is 0 Å². The van der Waals surface area contributed by atoms with Crippen molar-refractivity contribution in [1.29, 1.82) is 0 Å². The number of anilines is 4. The number of para-hydroxylation sites is 6. The molecule has 0 spiro atoms. The van der Waals surface area contributed by atoms with Gasteiger partial charge >= 0.3 is 0 Å². The molecule has 0 atom stereocenters. The van der Waals surface area contributed by atoms with Gasteiger partial charge in [0.15, 0.2) is 0 Å². The van der Waals surface area contributed by atoms with E-state index in [0.29, 0.717) is 11.5 Å². The van der Waals surface area contributed by atoms with Crippen LogP contribution in [-0.2, 0) is 21.1 Å². The van der Waals surface area contributed by atoms with Gasteiger partial charge in [-0.2, -0.15) is 6.07 Å². The molecule has 6 nitrogen and oxygen atoms in total. The maximum atomic E-state index is 6.56. The Morgan fingerprint density at radius 2 is 1.17 bits per heavy atom. The van der Waals surface area contributed by atoms with Crippen molar-refractivity contribution in [3.63, 3.8) is 0 Å². The van der Waals surface area contributed by atoms with E-state index in [1.165, 1.54) is 38.7 Å². The van der Waals surface area contributed by atoms with Gasteiger partial charge in [-0.15, -0.1) is 54.3 Å². The number of imidazole rings is 1. The van der Waals surface area contributed by atoms with E-state index < -0.39 is 0 Å². The van der Waals surface area contributed by atoms with Crippen molar-refractivity contribution in [3.05, 3.63) is 205 Å². The third kappa shape index (κ3) is 6.27. The molecule has 0 aliphatic carbocycles. The molecular formula is C53H38N5OPt-3. The number of rotatable bonds is 7. The predicted molar refractivity (Wildman–Crippen MR) is 241 cm³/mol. The van der Waals surface area contributed by atoms with Crippen molar-refractivity contribution in [2.75, 3.05) is 9.80 Å². The Hall–Kier alpha value is -6.88. The van der Waals surface area contributed by atoms with Crippen molar-refractivity contribution in [1.82, 2.24) is 14.1 Å². The molecule has 0 saturated heterocycles. The van der Waals surface area contributed by atoms with Gasteiger partial charge in [0, 0.05) is 71.8 Å². The zero-order chi connectivity index (χ0) is 39.6. The number of nitrogens with zero attached hydrogens (tertiary/aromatic N) is 5. The summed E-state index contributed by atoms with van der Waals surface area (Å²) in [4.78, 5) is 9.65. The fourth-order valence-electron chi connectivity index (χ4n) is 8.85. The molecule has 0 saturated carbocycles. The Morgan fingerprint density at radius 1 is 0.517 bits per heavy atom. The van der Waals surface area contributed by atoms with Gasteiger partial charge in [0.2, 0.25) is 0 Å². The average Bonchev–Trinajstić information content (AvgIpc) is 3.94. The summed E-state index contributed by atoms with van der Waals surface area (Å²) in [6, 6.07) is 66.2. The van der Waals surface area contributed by atoms with Crippen molar-refractivity contribution in [2.45, 2.75) is 20.8 Å². The number of hydrogen-bond acceptors (Lipinski definition) is 4. The van der Waals surface area contributed by atoms with Gasteiger partial charge in [-0.1, -0.05) is 84.4 Å². The van der Waals surface area contributed by atoms with Gasteiger partial charge in [-0.25, -0.2) is 0 Å². The van der Waals surface area contributed by atoms with Crippen LogP contribution in [0.3, 0.4) is 0 Å². The Morgan fingerprint density at radius 3 is 1.97 bits per heavy atom. The van der Waals surface area contributed by atoms with Crippen LogP contribution in [0.5, 0.6) is 11.5 Å². The molecular weight excluding hydrogens is 918 g/mol. The molecule has 11 rings (SSSR count). The molecule has 0 amide bonds. The first kappa shape index (κ1) is 37.4. The van der Waals surface area contributed by atoms with Gasteiger partial charge in [-0.3, -0.25) is 4.98 Å². The van der Waals surface area contributed by atoms with Gasteiger partial charge in [-0.05, 0) is 92.6 Å². The van der Waals surface area contributed by atoms with Crippen LogP contribution in [0.25, 0.3) is 55.6 Å². The molecule has 7 heteroatoms. The Labute approximate surface area is 363 Å². The first-order valence-electron chi connectivity index (χ1n) is 19.9. The molecule has 0 bridgehead atoms. The minimum absolute atomic E-state index is 0. The molecule has 0 fully saturated rings. The molecule has 10 aromatic rings. The quantitative estimate of drug-likeness (QED) is 0.149. The Balaban J connectivity index is 0.00000433. The van der Waals surface area contributed by atoms with E-state index in [1.54, 1.807) is 0 Å². The molecule has 1 aliphatic heterocycles. The van der Waals surface area contributed by atoms with Crippen LogP contribution < -0.4 is 14.5 Å². The second-order valence-corrected chi connectivity index (χ2v) is 15.2. The fraction of sp³-hybridized carbons (Fsp3) is 0.0566. The fourth-order valence-corrected chi connectivity index (χ4v) is 8.85. The van der Waals surface area contributed by atoms with E-state index in [9.17, 15) is 0 Å². The summed E-state index contributed by atoms with van der Waals surface area (Å²) in [6.07, 6.45) is 0. The SMILES string of the molecule is Cc1cc(C)c(N2[CH-]N(c3[c-]c(Oc4[c-]c(-c5nc6ccccc6n5-c5ccc6c(c5)c5ccccc5n6-c5ccccc5)ccc4)ccc3)c3ccccc32)c(C)c1.[Pt]. The van der Waals surface area contributed by atoms with E-state index in [1.807, 2.05) is 36.4 Å². The van der Waals surface area contributed by atoms with Crippen LogP contribution >= 0.6 is 0 Å². The summed E-state index contributed by atoms with van der Waals surface area (Å²) in [5.41, 5.74) is 15.2. The van der Waals surface area contributed by atoms with Crippen molar-refractivity contribution < 1.29 is 25.8 Å². The van der Waals surface area contributed by atoms with Crippen molar-refractivity contribution >= 4 is 55.6 Å². The molecule has 8 aromatic carbocycles. The summed E-state index contributed by atoms with van der Waals surface area (Å²) < 4.78 is 11.1. The zero-order valence-electron chi connectivity index (χ0n) is 33.2. The summed E-state index contributed by atoms with van der Waals surface area (Å²) in [5, 5.41) is 2.37. The van der Waals surface area contributed by atoms with Crippen molar-refractivity contribution in [2.24, 2.45) is 0 Å². The molecule has 2 aromatic heterocycles. The first-order valence-corrected chi connectivity index (χ1v) is 19.9. The molecule has 60 heavy (non-hydrogen) atoms. The maximum absolute atomic E-state index is 6.56. The maximum Gasteiger partial charge on any atom is 0.0774 e. The van der Waals surface area contributed by atoms with Crippen LogP contribution in [0.15, 0.2) is 170 Å². The Bertz CT molecular complexity index is 3220. The van der Waals surface area contributed by atoms with Gasteiger partial charge < -0.3 is 23.7 Å². The number of ether oxygens (including phenoxy) is 1. The molecule has 0 radical (unpaired) electrons. The van der Waals surface area contributed by atoms with Crippen LogP contribution in [0, 0.1) is 39.6 Å². The van der Waals surface area contributed by atoms with E-state index in [4.69, 9.17) is 9.72 Å². The minimum atomic E-state index is 0. The van der Waals surface area contributed by atoms with Crippen LogP contribution in [0.2, 0.25) is 0 Å². The monoisotopic (exact) mass is 955 g/mol. The van der Waals surface area contributed by atoms with Crippen LogP contribution in [0.1, 0.15) is 16.7 Å². The predicted octanol–water partition coefficient (Wildman–Crippen LogP) is 13.5. The van der Waals surface area contributed by atoms with Crippen LogP contribution in [0.4, 0.5) is 22.7 Å². The number of hydrogen-bond donors (Lipinski definition) is 0. The van der Waals surface area contributed by atoms with E-state index in [0.717, 1.165) is 56.4 Å². The summed E-state index contributed by atoms with van der Waals surface area (Å²) in [7, 11) is 0. The number of aryl methyl sites for hydroxylation is 3. The first-order chi connectivity index (χ1) is 29.0. The molecule has 1 aliphatic rings. The number of benzene rings is 8. The number of fused-ring (bicyclic) bond motifs is 5. The zero-order valence-corrected chi connectivity index (χ0v) is 35.5. The third-order valence-corrected chi connectivity index (χ3v) is 11.2. The Kier molecular flexibility index (Phi) is 9.38. The van der Waals surface area contributed by atoms with E-state index in [2.05, 4.69) is 192 Å². The normalized spacial score (nSPS) is 12.3. The van der Waals surface area contributed by atoms with Crippen LogP contribution in [-0.4, -0.2) is 14.1 Å². The van der Waals surface area contributed by atoms with E-state index >= 15 is 0 Å². The minimum Gasteiger partial charge on any atom is -0.503 e. The third-order valence-electron chi connectivity index (χ3n) is 11.2. The second kappa shape index (κ2) is 15.1. The van der Waals surface area contributed by atoms with Crippen molar-refractivity contribution in [3.8, 4) is 34.3 Å². The molecule has 0 N–H and O–H groups in total. The smallest absolute Gasteiger partial charge is 0.0774 e. The van der Waals surface area contributed by atoms with Gasteiger partial charge in [0.05, 0.1) is 27.9 Å². The summed E-state index contributed by atoms with van der Waals surface area (Å²) in [5.74, 6) is 1.96. The summed E-state index contributed by atoms with van der Waals surface area (Å²) >= 11 is 0. The topological polar surface area (TPSA) is 38.5 Å². The largest absolute Gasteiger partial charge is 0.503 e. The van der Waals surface area contributed by atoms with E-state index in [-0.39, 0.29) is 21.1 Å². The molecule has 3 heterocycles. The average molecular weight is 956 g/mol. The molecule has 0 unspecified atom stereocenters. The standard InChI is InChI=1S/C53H38N5O.Pt/c1-35-29-36(2)52(37(3)30-35)56-34-55(50-25-11-12-26-51(50)56)40-18-14-20-43(32-40)59-42-19-13-15-38(31-42)53-54-46-22-8-10-24-49(46)58(53)41-27-28-48-45(33-41)44-21-7-9-23-47(44)57(48)39-16-5-4-6-17-39;/h4-30,33-34H,1-3H3;/q-3;.